The summed E-state index contributed by atoms with van der Waals surface area (Å²) >= 11 is 5.56. The SMILES string of the molecule is CCOC(=O)OCCOC(=O)[C@H](OCc1ccc(OC)cc1)C(C)(C)COS(=O)(=O)CCCCl. The molecule has 1 aromatic carbocycles. The summed E-state index contributed by atoms with van der Waals surface area (Å²) in [5.74, 6) is -0.149. The van der Waals surface area contributed by atoms with E-state index in [4.69, 9.17) is 34.7 Å². The van der Waals surface area contributed by atoms with Crippen LogP contribution in [0.5, 0.6) is 5.75 Å². The lowest BCUT2D eigenvalue weighted by Gasteiger charge is -2.32. The minimum atomic E-state index is -3.82. The second kappa shape index (κ2) is 15.0. The van der Waals surface area contributed by atoms with Gasteiger partial charge in [0, 0.05) is 11.3 Å². The summed E-state index contributed by atoms with van der Waals surface area (Å²) in [6.07, 6.45) is -1.81. The molecule has 194 valence electrons. The first-order valence-electron chi connectivity index (χ1n) is 10.7. The number of hydrogen-bond donors (Lipinski definition) is 0. The Balaban J connectivity index is 2.84. The van der Waals surface area contributed by atoms with E-state index in [1.165, 1.54) is 0 Å². The summed E-state index contributed by atoms with van der Waals surface area (Å²) in [5, 5.41) is 0. The summed E-state index contributed by atoms with van der Waals surface area (Å²) in [7, 11) is -2.28. The molecule has 0 aliphatic rings. The fraction of sp³-hybridized carbons (Fsp3) is 0.636. The monoisotopic (exact) mass is 524 g/mol. The highest BCUT2D eigenvalue weighted by molar-refractivity contribution is 7.86. The molecule has 1 rings (SSSR count). The molecule has 0 aliphatic carbocycles. The maximum atomic E-state index is 12.8. The highest BCUT2D eigenvalue weighted by Crippen LogP contribution is 2.27. The van der Waals surface area contributed by atoms with Crippen molar-refractivity contribution in [2.45, 2.75) is 39.9 Å². The molecule has 1 aromatic rings. The Morgan fingerprint density at radius 1 is 1.06 bits per heavy atom. The Hall–Kier alpha value is -2.08. The largest absolute Gasteiger partial charge is 0.508 e. The molecular weight excluding hydrogens is 492 g/mol. The van der Waals surface area contributed by atoms with Crippen LogP contribution in [-0.4, -0.2) is 71.8 Å². The zero-order valence-corrected chi connectivity index (χ0v) is 21.5. The standard InChI is InChI=1S/C22H33ClO10S/c1-5-29-21(25)31-13-12-30-20(24)19(32-15-17-7-9-18(28-4)10-8-17)22(2,3)16-33-34(26,27)14-6-11-23/h7-10,19H,5-6,11-16H2,1-4H3/t19-/m0/s1. The Kier molecular flexibility index (Phi) is 13.2. The number of carbonyl (C=O) groups excluding carboxylic acids is 2. The molecule has 0 saturated heterocycles. The van der Waals surface area contributed by atoms with Crippen LogP contribution >= 0.6 is 11.6 Å². The number of hydrogen-bond acceptors (Lipinski definition) is 10. The van der Waals surface area contributed by atoms with Gasteiger partial charge in [-0.25, -0.2) is 9.59 Å². The fourth-order valence-electron chi connectivity index (χ4n) is 2.62. The normalized spacial score (nSPS) is 12.6. The van der Waals surface area contributed by atoms with Crippen molar-refractivity contribution in [2.24, 2.45) is 5.41 Å². The van der Waals surface area contributed by atoms with Gasteiger partial charge in [0.2, 0.25) is 0 Å². The van der Waals surface area contributed by atoms with Crippen molar-refractivity contribution in [1.29, 1.82) is 0 Å². The molecule has 0 aliphatic heterocycles. The summed E-state index contributed by atoms with van der Waals surface area (Å²) < 4.78 is 54.9. The highest BCUT2D eigenvalue weighted by Gasteiger charge is 2.39. The Labute approximate surface area is 205 Å². The van der Waals surface area contributed by atoms with Gasteiger partial charge in [0.25, 0.3) is 10.1 Å². The van der Waals surface area contributed by atoms with Crippen molar-refractivity contribution in [2.75, 3.05) is 45.2 Å². The predicted octanol–water partition coefficient (Wildman–Crippen LogP) is 3.30. The maximum absolute atomic E-state index is 12.8. The van der Waals surface area contributed by atoms with E-state index in [1.807, 2.05) is 0 Å². The van der Waals surface area contributed by atoms with E-state index in [2.05, 4.69) is 4.74 Å². The number of alkyl halides is 1. The van der Waals surface area contributed by atoms with Crippen LogP contribution in [0.1, 0.15) is 32.8 Å². The van der Waals surface area contributed by atoms with E-state index in [1.54, 1.807) is 52.1 Å². The number of carbonyl (C=O) groups is 2. The number of rotatable bonds is 16. The van der Waals surface area contributed by atoms with Gasteiger partial charge in [0.05, 0.1) is 32.7 Å². The first kappa shape index (κ1) is 30.0. The van der Waals surface area contributed by atoms with Crippen LogP contribution in [0.4, 0.5) is 4.79 Å². The van der Waals surface area contributed by atoms with Gasteiger partial charge >= 0.3 is 12.1 Å². The highest BCUT2D eigenvalue weighted by atomic mass is 35.5. The molecule has 0 spiro atoms. The van der Waals surface area contributed by atoms with Gasteiger partial charge in [-0.3, -0.25) is 4.18 Å². The number of benzene rings is 1. The van der Waals surface area contributed by atoms with Gasteiger partial charge in [-0.15, -0.1) is 11.6 Å². The van der Waals surface area contributed by atoms with Gasteiger partial charge in [0.1, 0.15) is 19.0 Å². The van der Waals surface area contributed by atoms with E-state index in [0.717, 1.165) is 5.56 Å². The van der Waals surface area contributed by atoms with Crippen LogP contribution in [0.25, 0.3) is 0 Å². The van der Waals surface area contributed by atoms with Crippen LogP contribution < -0.4 is 4.74 Å². The molecule has 0 bridgehead atoms. The fourth-order valence-corrected chi connectivity index (χ4v) is 4.02. The maximum Gasteiger partial charge on any atom is 0.508 e. The average molecular weight is 525 g/mol. The third-order valence-electron chi connectivity index (χ3n) is 4.45. The molecule has 34 heavy (non-hydrogen) atoms. The molecule has 0 unspecified atom stereocenters. The van der Waals surface area contributed by atoms with Crippen LogP contribution in [0, 0.1) is 5.41 Å². The zero-order chi connectivity index (χ0) is 25.6. The second-order valence-corrected chi connectivity index (χ2v) is 9.93. The van der Waals surface area contributed by atoms with Crippen LogP contribution in [0.2, 0.25) is 0 Å². The Morgan fingerprint density at radius 3 is 2.29 bits per heavy atom. The van der Waals surface area contributed by atoms with Crippen molar-refractivity contribution >= 4 is 33.8 Å². The molecule has 0 saturated carbocycles. The van der Waals surface area contributed by atoms with Crippen molar-refractivity contribution in [3.63, 3.8) is 0 Å². The van der Waals surface area contributed by atoms with Crippen LogP contribution in [-0.2, 0) is 44.7 Å². The van der Waals surface area contributed by atoms with Crippen LogP contribution in [0.3, 0.4) is 0 Å². The van der Waals surface area contributed by atoms with E-state index < -0.39 is 33.8 Å². The van der Waals surface area contributed by atoms with Gasteiger partial charge in [0.15, 0.2) is 6.10 Å². The lowest BCUT2D eigenvalue weighted by Crippen LogP contribution is -2.44. The van der Waals surface area contributed by atoms with Gasteiger partial charge in [-0.2, -0.15) is 8.42 Å². The second-order valence-electron chi connectivity index (χ2n) is 7.79. The molecular formula is C22H33ClO10S. The smallest absolute Gasteiger partial charge is 0.497 e. The zero-order valence-electron chi connectivity index (χ0n) is 19.9. The molecule has 0 aromatic heterocycles. The number of ether oxygens (including phenoxy) is 5. The molecule has 0 heterocycles. The van der Waals surface area contributed by atoms with E-state index in [9.17, 15) is 18.0 Å². The molecule has 12 heteroatoms. The molecule has 10 nitrogen and oxygen atoms in total. The lowest BCUT2D eigenvalue weighted by atomic mass is 9.87. The minimum absolute atomic E-state index is 0.0471. The van der Waals surface area contributed by atoms with E-state index >= 15 is 0 Å². The van der Waals surface area contributed by atoms with Gasteiger partial charge in [-0.1, -0.05) is 26.0 Å². The van der Waals surface area contributed by atoms with E-state index in [-0.39, 0.29) is 51.1 Å². The first-order valence-corrected chi connectivity index (χ1v) is 12.8. The third-order valence-corrected chi connectivity index (χ3v) is 5.98. The third kappa shape index (κ3) is 11.4. The predicted molar refractivity (Wildman–Crippen MR) is 124 cm³/mol. The molecule has 0 fully saturated rings. The lowest BCUT2D eigenvalue weighted by molar-refractivity contribution is -0.170. The minimum Gasteiger partial charge on any atom is -0.497 e. The van der Waals surface area contributed by atoms with Gasteiger partial charge in [-0.05, 0) is 31.0 Å². The summed E-state index contributed by atoms with van der Waals surface area (Å²) in [6, 6.07) is 7.04. The summed E-state index contributed by atoms with van der Waals surface area (Å²) in [6.45, 7) is 4.32. The van der Waals surface area contributed by atoms with Crippen LogP contribution in [0.15, 0.2) is 24.3 Å². The van der Waals surface area contributed by atoms with E-state index in [0.29, 0.717) is 5.75 Å². The molecule has 0 amide bonds. The van der Waals surface area contributed by atoms with Crippen molar-refractivity contribution in [3.05, 3.63) is 29.8 Å². The van der Waals surface area contributed by atoms with Crippen molar-refractivity contribution < 1.29 is 45.9 Å². The number of esters is 1. The molecule has 1 atom stereocenters. The molecule has 0 radical (unpaired) electrons. The van der Waals surface area contributed by atoms with Gasteiger partial charge < -0.3 is 23.7 Å². The Morgan fingerprint density at radius 2 is 1.71 bits per heavy atom. The topological polar surface area (TPSA) is 124 Å². The van der Waals surface area contributed by atoms with Crippen molar-refractivity contribution in [3.8, 4) is 5.75 Å². The first-order chi connectivity index (χ1) is 16.0. The van der Waals surface area contributed by atoms with Crippen molar-refractivity contribution in [1.82, 2.24) is 0 Å². The number of halogens is 1. The summed E-state index contributed by atoms with van der Waals surface area (Å²) in [4.78, 5) is 24.1. The average Bonchev–Trinajstić information content (AvgIpc) is 2.80. The molecule has 0 N–H and O–H groups in total. The number of methoxy groups -OCH3 is 1. The quantitative estimate of drug-likeness (QED) is 0.138. The summed E-state index contributed by atoms with van der Waals surface area (Å²) in [5.41, 5.74) is -0.324. The Bertz CT molecular complexity index is 855.